The molecule has 30 heavy (non-hydrogen) atoms. The normalized spacial score (nSPS) is 21.7. The van der Waals surface area contributed by atoms with Crippen LogP contribution in [-0.2, 0) is 11.2 Å². The molecule has 0 saturated carbocycles. The second-order valence-corrected chi connectivity index (χ2v) is 7.68. The zero-order valence-electron chi connectivity index (χ0n) is 18.2. The topological polar surface area (TPSA) is 75.6 Å². The molecule has 2 aliphatic rings. The number of phenols is 1. The Bertz CT molecular complexity index is 969. The molecule has 162 valence electrons. The predicted octanol–water partition coefficient (Wildman–Crippen LogP) is 3.98. The van der Waals surface area contributed by atoms with Crippen molar-refractivity contribution >= 4 is 0 Å². The smallest absolute Gasteiger partial charge is 0.203 e. The van der Waals surface area contributed by atoms with E-state index in [0.717, 1.165) is 23.1 Å². The van der Waals surface area contributed by atoms with E-state index < -0.39 is 0 Å². The number of ether oxygens (including phenoxy) is 6. The van der Waals surface area contributed by atoms with Gasteiger partial charge in [-0.15, -0.1) is 0 Å². The van der Waals surface area contributed by atoms with Gasteiger partial charge in [-0.3, -0.25) is 0 Å². The van der Waals surface area contributed by atoms with Gasteiger partial charge in [-0.1, -0.05) is 6.92 Å². The van der Waals surface area contributed by atoms with Crippen molar-refractivity contribution in [1.82, 2.24) is 0 Å². The van der Waals surface area contributed by atoms with Crippen LogP contribution in [0.3, 0.4) is 0 Å². The van der Waals surface area contributed by atoms with Crippen LogP contribution in [0.2, 0.25) is 0 Å². The maximum absolute atomic E-state index is 11.3. The van der Waals surface area contributed by atoms with E-state index in [9.17, 15) is 5.11 Å². The molecule has 4 rings (SSSR count). The first-order chi connectivity index (χ1) is 14.5. The SMILES string of the molecule is COc1cc2c(c(O)c1OC)-c1c(cc(OC)c(OC)c1OC)[C@@H]1OC[C@H](C2)[C@@H]1C. The lowest BCUT2D eigenvalue weighted by molar-refractivity contribution is 0.0936. The summed E-state index contributed by atoms with van der Waals surface area (Å²) in [4.78, 5) is 0. The highest BCUT2D eigenvalue weighted by atomic mass is 16.5. The van der Waals surface area contributed by atoms with Crippen molar-refractivity contribution in [3.05, 3.63) is 23.3 Å². The van der Waals surface area contributed by atoms with E-state index in [-0.39, 0.29) is 23.5 Å². The first-order valence-corrected chi connectivity index (χ1v) is 9.92. The highest BCUT2D eigenvalue weighted by Gasteiger charge is 2.42. The van der Waals surface area contributed by atoms with Crippen LogP contribution >= 0.6 is 0 Å². The lowest BCUT2D eigenvalue weighted by Gasteiger charge is -2.30. The quantitative estimate of drug-likeness (QED) is 0.790. The van der Waals surface area contributed by atoms with Gasteiger partial charge in [-0.05, 0) is 41.5 Å². The van der Waals surface area contributed by atoms with Crippen LogP contribution in [0.5, 0.6) is 34.5 Å². The third-order valence-corrected chi connectivity index (χ3v) is 6.34. The molecule has 0 amide bonds. The van der Waals surface area contributed by atoms with E-state index in [1.54, 1.807) is 28.4 Å². The van der Waals surface area contributed by atoms with Crippen molar-refractivity contribution in [2.24, 2.45) is 11.8 Å². The molecular weight excluding hydrogens is 388 g/mol. The van der Waals surface area contributed by atoms with Crippen molar-refractivity contribution in [1.29, 1.82) is 0 Å². The lowest BCUT2D eigenvalue weighted by Crippen LogP contribution is -2.18. The number of fused-ring (bicyclic) bond motifs is 6. The molecule has 2 aromatic rings. The molecular formula is C23H28O7. The minimum atomic E-state index is -0.153. The Morgan fingerprint density at radius 2 is 1.47 bits per heavy atom. The van der Waals surface area contributed by atoms with Crippen molar-refractivity contribution in [3.8, 4) is 45.6 Å². The second kappa shape index (κ2) is 7.80. The van der Waals surface area contributed by atoms with Gasteiger partial charge in [0.05, 0.1) is 48.3 Å². The van der Waals surface area contributed by atoms with Crippen LogP contribution in [0, 0.1) is 11.8 Å². The minimum absolute atomic E-state index is 0.00701. The average Bonchev–Trinajstić information content (AvgIpc) is 3.14. The molecule has 1 fully saturated rings. The minimum Gasteiger partial charge on any atom is -0.504 e. The Balaban J connectivity index is 2.16. The molecule has 0 radical (unpaired) electrons. The van der Waals surface area contributed by atoms with Gasteiger partial charge in [-0.2, -0.15) is 0 Å². The van der Waals surface area contributed by atoms with Crippen LogP contribution in [0.4, 0.5) is 0 Å². The fraction of sp³-hybridized carbons (Fsp3) is 0.478. The summed E-state index contributed by atoms with van der Waals surface area (Å²) in [5.74, 6) is 2.84. The summed E-state index contributed by atoms with van der Waals surface area (Å²) < 4.78 is 34.2. The van der Waals surface area contributed by atoms with Crippen molar-refractivity contribution in [2.45, 2.75) is 19.4 Å². The molecule has 7 nitrogen and oxygen atoms in total. The zero-order valence-corrected chi connectivity index (χ0v) is 18.2. The van der Waals surface area contributed by atoms with Crippen LogP contribution in [0.25, 0.3) is 11.1 Å². The summed E-state index contributed by atoms with van der Waals surface area (Å²) in [7, 11) is 7.81. The predicted molar refractivity (Wildman–Crippen MR) is 111 cm³/mol. The number of hydrogen-bond acceptors (Lipinski definition) is 7. The van der Waals surface area contributed by atoms with Gasteiger partial charge in [-0.25, -0.2) is 0 Å². The summed E-state index contributed by atoms with van der Waals surface area (Å²) in [6, 6.07) is 3.85. The van der Waals surface area contributed by atoms with E-state index in [0.29, 0.717) is 41.1 Å². The maximum atomic E-state index is 11.3. The second-order valence-electron chi connectivity index (χ2n) is 7.68. The molecule has 1 N–H and O–H groups in total. The van der Waals surface area contributed by atoms with Gasteiger partial charge >= 0.3 is 0 Å². The molecule has 0 unspecified atom stereocenters. The monoisotopic (exact) mass is 416 g/mol. The van der Waals surface area contributed by atoms with E-state index in [1.807, 2.05) is 12.1 Å². The van der Waals surface area contributed by atoms with Gasteiger partial charge in [0.15, 0.2) is 23.0 Å². The Hall–Kier alpha value is -2.80. The average molecular weight is 416 g/mol. The van der Waals surface area contributed by atoms with E-state index >= 15 is 0 Å². The Kier molecular flexibility index (Phi) is 5.32. The molecule has 0 spiro atoms. The van der Waals surface area contributed by atoms with Crippen LogP contribution in [0.1, 0.15) is 24.2 Å². The fourth-order valence-electron chi connectivity index (χ4n) is 4.80. The number of phenolic OH excluding ortho intramolecular Hbond substituents is 1. The summed E-state index contributed by atoms with van der Waals surface area (Å²) in [6.07, 6.45) is 0.581. The Morgan fingerprint density at radius 3 is 2.07 bits per heavy atom. The molecule has 3 atom stereocenters. The molecule has 7 heteroatoms. The van der Waals surface area contributed by atoms with Gasteiger partial charge < -0.3 is 33.5 Å². The largest absolute Gasteiger partial charge is 0.504 e. The summed E-state index contributed by atoms with van der Waals surface area (Å²) in [5.41, 5.74) is 3.20. The maximum Gasteiger partial charge on any atom is 0.203 e. The first kappa shape index (κ1) is 20.5. The summed E-state index contributed by atoms with van der Waals surface area (Å²) >= 11 is 0. The van der Waals surface area contributed by atoms with Gasteiger partial charge in [0.25, 0.3) is 0 Å². The van der Waals surface area contributed by atoms with E-state index in [4.69, 9.17) is 28.4 Å². The third kappa shape index (κ3) is 2.83. The van der Waals surface area contributed by atoms with Crippen molar-refractivity contribution < 1.29 is 33.5 Å². The van der Waals surface area contributed by atoms with Gasteiger partial charge in [0, 0.05) is 11.1 Å². The lowest BCUT2D eigenvalue weighted by atomic mass is 9.77. The number of aromatic hydroxyl groups is 1. The van der Waals surface area contributed by atoms with Crippen molar-refractivity contribution in [2.75, 3.05) is 42.2 Å². The molecule has 1 aliphatic heterocycles. The molecule has 1 aliphatic carbocycles. The molecule has 0 aromatic heterocycles. The molecule has 1 heterocycles. The highest BCUT2D eigenvalue weighted by molar-refractivity contribution is 5.88. The number of methoxy groups -OCH3 is 5. The van der Waals surface area contributed by atoms with E-state index in [1.165, 1.54) is 7.11 Å². The van der Waals surface area contributed by atoms with Crippen molar-refractivity contribution in [3.63, 3.8) is 0 Å². The number of benzene rings is 2. The molecule has 2 bridgehead atoms. The highest BCUT2D eigenvalue weighted by Crippen LogP contribution is 2.58. The number of rotatable bonds is 5. The first-order valence-electron chi connectivity index (χ1n) is 9.92. The van der Waals surface area contributed by atoms with Crippen LogP contribution < -0.4 is 23.7 Å². The fourth-order valence-corrected chi connectivity index (χ4v) is 4.80. The zero-order chi connectivity index (χ0) is 21.6. The molecule has 1 saturated heterocycles. The van der Waals surface area contributed by atoms with E-state index in [2.05, 4.69) is 6.92 Å². The van der Waals surface area contributed by atoms with Crippen LogP contribution in [0.15, 0.2) is 12.1 Å². The summed E-state index contributed by atoms with van der Waals surface area (Å²) in [5, 5.41) is 11.3. The van der Waals surface area contributed by atoms with Gasteiger partial charge in [0.2, 0.25) is 11.5 Å². The third-order valence-electron chi connectivity index (χ3n) is 6.34. The summed E-state index contributed by atoms with van der Waals surface area (Å²) in [6.45, 7) is 2.83. The number of hydrogen-bond donors (Lipinski definition) is 1. The molecule has 2 aromatic carbocycles. The Labute approximate surface area is 176 Å². The standard InChI is InChI=1S/C23H28O7/c1-11-13-7-12-8-15(25-2)21(27-4)19(24)17(12)18-14(20(11)30-10-13)9-16(26-3)22(28-5)23(18)29-6/h8-9,11,13,20,24H,7,10H2,1-6H3/t11-,13-,20+/m0/s1. The van der Waals surface area contributed by atoms with Crippen LogP contribution in [-0.4, -0.2) is 47.3 Å². The van der Waals surface area contributed by atoms with Gasteiger partial charge in [0.1, 0.15) is 0 Å². The Morgan fingerprint density at radius 1 is 0.833 bits per heavy atom.